The molecule has 5 nitrogen and oxygen atoms in total. The molecule has 0 aliphatic carbocycles. The van der Waals surface area contributed by atoms with Gasteiger partial charge >= 0.3 is 0 Å². The molecule has 0 atom stereocenters. The first kappa shape index (κ1) is 11.9. The van der Waals surface area contributed by atoms with E-state index in [1.165, 1.54) is 0 Å². The van der Waals surface area contributed by atoms with E-state index in [9.17, 15) is 0 Å². The Kier molecular flexibility index (Phi) is 3.29. The lowest BCUT2D eigenvalue weighted by Crippen LogP contribution is -2.37. The Morgan fingerprint density at radius 2 is 1.79 bits per heavy atom. The molecule has 1 fully saturated rings. The van der Waals surface area contributed by atoms with Gasteiger partial charge in [0.05, 0.1) is 13.2 Å². The predicted molar refractivity (Wildman–Crippen MR) is 74.9 cm³/mol. The van der Waals surface area contributed by atoms with Crippen LogP contribution < -0.4 is 10.6 Å². The van der Waals surface area contributed by atoms with E-state index in [4.69, 9.17) is 10.5 Å². The Labute approximate surface area is 112 Å². The second-order valence-corrected chi connectivity index (χ2v) is 4.50. The van der Waals surface area contributed by atoms with Gasteiger partial charge in [-0.3, -0.25) is 0 Å². The Balaban J connectivity index is 1.82. The van der Waals surface area contributed by atoms with E-state index in [0.717, 1.165) is 49.1 Å². The molecule has 0 bridgehead atoms. The number of hydrogen-bond donors (Lipinski definition) is 1. The first-order chi connectivity index (χ1) is 9.33. The van der Waals surface area contributed by atoms with E-state index in [-0.39, 0.29) is 0 Å². The van der Waals surface area contributed by atoms with E-state index in [2.05, 4.69) is 14.9 Å². The summed E-state index contributed by atoms with van der Waals surface area (Å²) in [6.45, 7) is 3.16. The molecule has 2 N–H and O–H groups in total. The fourth-order valence-corrected chi connectivity index (χ4v) is 2.12. The smallest absolute Gasteiger partial charge is 0.225 e. The summed E-state index contributed by atoms with van der Waals surface area (Å²) in [5.74, 6) is 0.760. The fraction of sp³-hybridized carbons (Fsp3) is 0.286. The van der Waals surface area contributed by atoms with Crippen molar-refractivity contribution in [1.29, 1.82) is 0 Å². The standard InChI is InChI=1S/C14H16N4O/c15-13-3-1-2-11(8-13)12-9-16-14(17-10-12)18-4-6-19-7-5-18/h1-3,8-10H,4-7,15H2. The third kappa shape index (κ3) is 2.66. The van der Waals surface area contributed by atoms with Crippen molar-refractivity contribution in [3.63, 3.8) is 0 Å². The molecule has 1 aliphatic heterocycles. The average molecular weight is 256 g/mol. The highest BCUT2D eigenvalue weighted by Gasteiger charge is 2.13. The second kappa shape index (κ2) is 5.24. The van der Waals surface area contributed by atoms with Gasteiger partial charge in [0.1, 0.15) is 0 Å². The van der Waals surface area contributed by atoms with Crippen molar-refractivity contribution >= 4 is 11.6 Å². The molecule has 0 unspecified atom stereocenters. The van der Waals surface area contributed by atoms with Gasteiger partial charge in [0.15, 0.2) is 0 Å². The number of benzene rings is 1. The molecule has 0 saturated carbocycles. The molecule has 0 amide bonds. The van der Waals surface area contributed by atoms with Crippen molar-refractivity contribution in [2.24, 2.45) is 0 Å². The van der Waals surface area contributed by atoms with Gasteiger partial charge in [-0.15, -0.1) is 0 Å². The minimum absolute atomic E-state index is 0.736. The molecule has 1 aromatic carbocycles. The molecule has 19 heavy (non-hydrogen) atoms. The fourth-order valence-electron chi connectivity index (χ4n) is 2.12. The molecule has 1 aromatic heterocycles. The van der Waals surface area contributed by atoms with Crippen LogP contribution in [0.4, 0.5) is 11.6 Å². The van der Waals surface area contributed by atoms with Gasteiger partial charge in [-0.2, -0.15) is 0 Å². The zero-order chi connectivity index (χ0) is 13.1. The van der Waals surface area contributed by atoms with Crippen molar-refractivity contribution in [2.75, 3.05) is 36.9 Å². The maximum absolute atomic E-state index is 5.78. The molecule has 2 heterocycles. The van der Waals surface area contributed by atoms with E-state index in [0.29, 0.717) is 0 Å². The number of hydrogen-bond acceptors (Lipinski definition) is 5. The highest BCUT2D eigenvalue weighted by molar-refractivity contribution is 5.66. The van der Waals surface area contributed by atoms with Gasteiger partial charge in [-0.05, 0) is 17.7 Å². The van der Waals surface area contributed by atoms with Crippen LogP contribution in [0, 0.1) is 0 Å². The molecule has 98 valence electrons. The van der Waals surface area contributed by atoms with E-state index in [1.54, 1.807) is 0 Å². The van der Waals surface area contributed by atoms with Gasteiger partial charge < -0.3 is 15.4 Å². The van der Waals surface area contributed by atoms with Crippen molar-refractivity contribution in [1.82, 2.24) is 9.97 Å². The normalized spacial score (nSPS) is 15.5. The monoisotopic (exact) mass is 256 g/mol. The number of nitrogen functional groups attached to an aromatic ring is 1. The molecular formula is C14H16N4O. The quantitative estimate of drug-likeness (QED) is 0.826. The van der Waals surface area contributed by atoms with Crippen LogP contribution in [0.2, 0.25) is 0 Å². The average Bonchev–Trinajstić information content (AvgIpc) is 2.48. The number of ether oxygens (including phenoxy) is 1. The Hall–Kier alpha value is -2.14. The van der Waals surface area contributed by atoms with Gasteiger partial charge in [-0.1, -0.05) is 12.1 Å². The molecule has 5 heteroatoms. The summed E-state index contributed by atoms with van der Waals surface area (Å²) in [5.41, 5.74) is 8.54. The highest BCUT2D eigenvalue weighted by atomic mass is 16.5. The largest absolute Gasteiger partial charge is 0.399 e. The van der Waals surface area contributed by atoms with E-state index < -0.39 is 0 Å². The van der Waals surface area contributed by atoms with Crippen molar-refractivity contribution in [3.8, 4) is 11.1 Å². The Morgan fingerprint density at radius 3 is 2.47 bits per heavy atom. The number of nitrogens with two attached hydrogens (primary N) is 1. The van der Waals surface area contributed by atoms with Crippen LogP contribution in [-0.4, -0.2) is 36.3 Å². The number of aromatic nitrogens is 2. The topological polar surface area (TPSA) is 64.3 Å². The van der Waals surface area contributed by atoms with Crippen molar-refractivity contribution in [2.45, 2.75) is 0 Å². The molecule has 1 saturated heterocycles. The maximum Gasteiger partial charge on any atom is 0.225 e. The maximum atomic E-state index is 5.78. The van der Waals surface area contributed by atoms with Crippen LogP contribution in [-0.2, 0) is 4.74 Å². The molecule has 0 radical (unpaired) electrons. The van der Waals surface area contributed by atoms with Crippen LogP contribution in [0.5, 0.6) is 0 Å². The van der Waals surface area contributed by atoms with Crippen LogP contribution >= 0.6 is 0 Å². The van der Waals surface area contributed by atoms with Crippen molar-refractivity contribution in [3.05, 3.63) is 36.7 Å². The van der Waals surface area contributed by atoms with Gasteiger partial charge in [0, 0.05) is 36.7 Å². The van der Waals surface area contributed by atoms with E-state index in [1.807, 2.05) is 36.7 Å². The van der Waals surface area contributed by atoms with Crippen LogP contribution in [0.15, 0.2) is 36.7 Å². The zero-order valence-corrected chi connectivity index (χ0v) is 10.6. The lowest BCUT2D eigenvalue weighted by Gasteiger charge is -2.26. The molecular weight excluding hydrogens is 240 g/mol. The summed E-state index contributed by atoms with van der Waals surface area (Å²) in [6.07, 6.45) is 3.68. The number of nitrogens with zero attached hydrogens (tertiary/aromatic N) is 3. The van der Waals surface area contributed by atoms with Crippen molar-refractivity contribution < 1.29 is 4.74 Å². The number of rotatable bonds is 2. The Bertz CT molecular complexity index is 550. The minimum Gasteiger partial charge on any atom is -0.399 e. The van der Waals surface area contributed by atoms with Crippen LogP contribution in [0.3, 0.4) is 0 Å². The molecule has 0 spiro atoms. The lowest BCUT2D eigenvalue weighted by atomic mass is 10.1. The van der Waals surface area contributed by atoms with Crippen LogP contribution in [0.1, 0.15) is 0 Å². The summed E-state index contributed by atoms with van der Waals surface area (Å²) in [5, 5.41) is 0. The van der Waals surface area contributed by atoms with Gasteiger partial charge in [0.2, 0.25) is 5.95 Å². The summed E-state index contributed by atoms with van der Waals surface area (Å²) in [7, 11) is 0. The lowest BCUT2D eigenvalue weighted by molar-refractivity contribution is 0.122. The summed E-state index contributed by atoms with van der Waals surface area (Å²) in [4.78, 5) is 11.0. The zero-order valence-electron chi connectivity index (χ0n) is 10.6. The predicted octanol–water partition coefficient (Wildman–Crippen LogP) is 1.56. The third-order valence-corrected chi connectivity index (χ3v) is 3.15. The molecule has 2 aromatic rings. The van der Waals surface area contributed by atoms with Crippen LogP contribution in [0.25, 0.3) is 11.1 Å². The first-order valence-electron chi connectivity index (χ1n) is 6.33. The third-order valence-electron chi connectivity index (χ3n) is 3.15. The molecule has 3 rings (SSSR count). The first-order valence-corrected chi connectivity index (χ1v) is 6.33. The second-order valence-electron chi connectivity index (χ2n) is 4.50. The summed E-state index contributed by atoms with van der Waals surface area (Å²) < 4.78 is 5.32. The Morgan fingerprint density at radius 1 is 1.05 bits per heavy atom. The van der Waals surface area contributed by atoms with E-state index >= 15 is 0 Å². The van der Waals surface area contributed by atoms with Gasteiger partial charge in [0.25, 0.3) is 0 Å². The number of anilines is 2. The molecule has 1 aliphatic rings. The SMILES string of the molecule is Nc1cccc(-c2cnc(N3CCOCC3)nc2)c1. The summed E-state index contributed by atoms with van der Waals surface area (Å²) in [6, 6.07) is 7.73. The highest BCUT2D eigenvalue weighted by Crippen LogP contribution is 2.21. The van der Waals surface area contributed by atoms with Gasteiger partial charge in [-0.25, -0.2) is 9.97 Å². The number of morpholine rings is 1. The summed E-state index contributed by atoms with van der Waals surface area (Å²) >= 11 is 0. The minimum atomic E-state index is 0.736.